The third kappa shape index (κ3) is 6.73. The average Bonchev–Trinajstić information content (AvgIpc) is 2.71. The van der Waals surface area contributed by atoms with Gasteiger partial charge in [-0.2, -0.15) is 0 Å². The number of likely N-dealkylation sites (tertiary alicyclic amines) is 1. The van der Waals surface area contributed by atoms with Crippen molar-refractivity contribution in [2.24, 2.45) is 11.7 Å². The molecule has 1 aliphatic heterocycles. The summed E-state index contributed by atoms with van der Waals surface area (Å²) < 4.78 is 0. The number of benzene rings is 1. The van der Waals surface area contributed by atoms with Crippen molar-refractivity contribution in [2.45, 2.75) is 39.0 Å². The normalized spacial score (nSPS) is 16.8. The highest BCUT2D eigenvalue weighted by atomic mass is 16.3. The second-order valence-corrected chi connectivity index (χ2v) is 8.88. The molecule has 8 nitrogen and oxygen atoms in total. The Kier molecular flexibility index (Phi) is 8.23. The number of carbonyl (C=O) groups excluding carboxylic acids is 3. The van der Waals surface area contributed by atoms with E-state index >= 15 is 0 Å². The number of hydrogen-bond acceptors (Lipinski definition) is 4. The summed E-state index contributed by atoms with van der Waals surface area (Å²) >= 11 is 0. The number of piperidine rings is 1. The Balaban J connectivity index is 2.12. The summed E-state index contributed by atoms with van der Waals surface area (Å²) in [5.41, 5.74) is 6.88. The summed E-state index contributed by atoms with van der Waals surface area (Å²) in [4.78, 5) is 39.4. The van der Waals surface area contributed by atoms with E-state index in [-0.39, 0.29) is 29.7 Å². The van der Waals surface area contributed by atoms with Crippen molar-refractivity contribution in [1.82, 2.24) is 15.1 Å². The molecule has 4 N–H and O–H groups in total. The molecule has 1 aliphatic rings. The van der Waals surface area contributed by atoms with E-state index in [1.165, 1.54) is 0 Å². The standard InChI is InChI=1S/C22H34N4O4/c1-22(2,3)18-8-6-17(7-9-18)20(29)26(12-10-24-21(23)30)14-16-5-4-11-25(13-16)19(28)15-27/h6-9,16,27H,4-5,10-15H2,1-3H3,(H3,23,24,30). The van der Waals surface area contributed by atoms with Crippen LogP contribution in [0.2, 0.25) is 0 Å². The number of hydrogen-bond donors (Lipinski definition) is 3. The Morgan fingerprint density at radius 3 is 2.47 bits per heavy atom. The van der Waals surface area contributed by atoms with Gasteiger partial charge in [0.25, 0.3) is 5.91 Å². The van der Waals surface area contributed by atoms with Crippen molar-refractivity contribution in [3.8, 4) is 0 Å². The predicted octanol–water partition coefficient (Wildman–Crippen LogP) is 1.33. The molecule has 1 aromatic rings. The minimum Gasteiger partial charge on any atom is -0.387 e. The van der Waals surface area contributed by atoms with Gasteiger partial charge < -0.3 is 26.0 Å². The highest BCUT2D eigenvalue weighted by Crippen LogP contribution is 2.23. The summed E-state index contributed by atoms with van der Waals surface area (Å²) in [7, 11) is 0. The highest BCUT2D eigenvalue weighted by molar-refractivity contribution is 5.94. The molecular formula is C22H34N4O4. The van der Waals surface area contributed by atoms with Gasteiger partial charge in [-0.3, -0.25) is 9.59 Å². The number of primary amides is 1. The lowest BCUT2D eigenvalue weighted by molar-refractivity contribution is -0.136. The van der Waals surface area contributed by atoms with Gasteiger partial charge in [0, 0.05) is 38.3 Å². The maximum atomic E-state index is 13.2. The molecule has 1 aromatic carbocycles. The summed E-state index contributed by atoms with van der Waals surface area (Å²) in [5.74, 6) is -0.293. The van der Waals surface area contributed by atoms with Crippen LogP contribution in [0.15, 0.2) is 24.3 Å². The number of aliphatic hydroxyl groups excluding tert-OH is 1. The van der Waals surface area contributed by atoms with Crippen LogP contribution in [-0.4, -0.2) is 72.1 Å². The second kappa shape index (κ2) is 10.4. The van der Waals surface area contributed by atoms with Gasteiger partial charge in [-0.25, -0.2) is 4.79 Å². The Morgan fingerprint density at radius 2 is 1.90 bits per heavy atom. The Hall–Kier alpha value is -2.61. The molecule has 0 aromatic heterocycles. The lowest BCUT2D eigenvalue weighted by Crippen LogP contribution is -2.47. The van der Waals surface area contributed by atoms with Gasteiger partial charge >= 0.3 is 6.03 Å². The monoisotopic (exact) mass is 418 g/mol. The van der Waals surface area contributed by atoms with E-state index in [0.29, 0.717) is 31.7 Å². The summed E-state index contributed by atoms with van der Waals surface area (Å²) in [5, 5.41) is 11.7. The molecule has 2 rings (SSSR count). The number of rotatable bonds is 7. The average molecular weight is 419 g/mol. The largest absolute Gasteiger partial charge is 0.387 e. The first-order valence-corrected chi connectivity index (χ1v) is 10.4. The van der Waals surface area contributed by atoms with Gasteiger partial charge in [-0.1, -0.05) is 32.9 Å². The van der Waals surface area contributed by atoms with Crippen LogP contribution in [-0.2, 0) is 10.2 Å². The molecular weight excluding hydrogens is 384 g/mol. The van der Waals surface area contributed by atoms with Crippen LogP contribution in [0.5, 0.6) is 0 Å². The molecule has 1 atom stereocenters. The van der Waals surface area contributed by atoms with Crippen molar-refractivity contribution in [3.05, 3.63) is 35.4 Å². The van der Waals surface area contributed by atoms with Crippen molar-refractivity contribution >= 4 is 17.8 Å². The van der Waals surface area contributed by atoms with Gasteiger partial charge in [0.15, 0.2) is 0 Å². The van der Waals surface area contributed by atoms with Crippen molar-refractivity contribution in [3.63, 3.8) is 0 Å². The van der Waals surface area contributed by atoms with Gasteiger partial charge in [-0.05, 0) is 41.9 Å². The number of nitrogens with zero attached hydrogens (tertiary/aromatic N) is 2. The zero-order chi connectivity index (χ0) is 22.3. The molecule has 0 spiro atoms. The highest BCUT2D eigenvalue weighted by Gasteiger charge is 2.27. The van der Waals surface area contributed by atoms with Gasteiger partial charge in [-0.15, -0.1) is 0 Å². The number of nitrogens with two attached hydrogens (primary N) is 1. The third-order valence-electron chi connectivity index (χ3n) is 5.45. The first-order chi connectivity index (χ1) is 14.1. The molecule has 8 heteroatoms. The Labute approximate surface area is 178 Å². The van der Waals surface area contributed by atoms with Crippen molar-refractivity contribution in [2.75, 3.05) is 39.3 Å². The van der Waals surface area contributed by atoms with Crippen LogP contribution in [0.25, 0.3) is 0 Å². The SMILES string of the molecule is CC(C)(C)c1ccc(C(=O)N(CCNC(N)=O)CC2CCCN(C(=O)CO)C2)cc1. The van der Waals surface area contributed by atoms with E-state index in [1.54, 1.807) is 9.80 Å². The van der Waals surface area contributed by atoms with E-state index in [1.807, 2.05) is 24.3 Å². The van der Waals surface area contributed by atoms with Crippen LogP contribution in [0.1, 0.15) is 49.5 Å². The minimum absolute atomic E-state index is 0.00251. The number of carbonyl (C=O) groups is 3. The van der Waals surface area contributed by atoms with E-state index < -0.39 is 12.6 Å². The summed E-state index contributed by atoms with van der Waals surface area (Å²) in [6.45, 7) is 8.04. The number of aliphatic hydroxyl groups is 1. The van der Waals surface area contributed by atoms with E-state index in [4.69, 9.17) is 10.8 Å². The summed E-state index contributed by atoms with van der Waals surface area (Å²) in [6.07, 6.45) is 1.73. The van der Waals surface area contributed by atoms with Crippen molar-refractivity contribution in [1.29, 1.82) is 0 Å². The molecule has 1 fully saturated rings. The molecule has 1 saturated heterocycles. The fraction of sp³-hybridized carbons (Fsp3) is 0.591. The maximum absolute atomic E-state index is 13.2. The number of nitrogens with one attached hydrogen (secondary N) is 1. The molecule has 4 amide bonds. The molecule has 0 bridgehead atoms. The van der Waals surface area contributed by atoms with E-state index in [0.717, 1.165) is 18.4 Å². The first kappa shape index (κ1) is 23.7. The van der Waals surface area contributed by atoms with Crippen LogP contribution in [0.3, 0.4) is 0 Å². The number of urea groups is 1. The molecule has 0 saturated carbocycles. The second-order valence-electron chi connectivity index (χ2n) is 8.88. The molecule has 1 unspecified atom stereocenters. The molecule has 0 radical (unpaired) electrons. The van der Waals surface area contributed by atoms with Gasteiger partial charge in [0.05, 0.1) is 0 Å². The lowest BCUT2D eigenvalue weighted by Gasteiger charge is -2.35. The van der Waals surface area contributed by atoms with Crippen LogP contribution < -0.4 is 11.1 Å². The van der Waals surface area contributed by atoms with Crippen LogP contribution in [0.4, 0.5) is 4.79 Å². The number of amides is 4. The van der Waals surface area contributed by atoms with Crippen LogP contribution in [0, 0.1) is 5.92 Å². The maximum Gasteiger partial charge on any atom is 0.312 e. The topological polar surface area (TPSA) is 116 Å². The quantitative estimate of drug-likeness (QED) is 0.619. The zero-order valence-electron chi connectivity index (χ0n) is 18.2. The first-order valence-electron chi connectivity index (χ1n) is 10.4. The molecule has 30 heavy (non-hydrogen) atoms. The molecule has 166 valence electrons. The Bertz CT molecular complexity index is 742. The minimum atomic E-state index is -0.630. The van der Waals surface area contributed by atoms with E-state index in [2.05, 4.69) is 26.1 Å². The fourth-order valence-electron chi connectivity index (χ4n) is 3.74. The zero-order valence-corrected chi connectivity index (χ0v) is 18.2. The smallest absolute Gasteiger partial charge is 0.312 e. The predicted molar refractivity (Wildman–Crippen MR) is 115 cm³/mol. The Morgan fingerprint density at radius 1 is 1.23 bits per heavy atom. The lowest BCUT2D eigenvalue weighted by atomic mass is 9.86. The van der Waals surface area contributed by atoms with Crippen LogP contribution >= 0.6 is 0 Å². The van der Waals surface area contributed by atoms with Gasteiger partial charge in [0.1, 0.15) is 6.61 Å². The molecule has 1 heterocycles. The van der Waals surface area contributed by atoms with Gasteiger partial charge in [0.2, 0.25) is 5.91 Å². The van der Waals surface area contributed by atoms with E-state index in [9.17, 15) is 14.4 Å². The molecule has 0 aliphatic carbocycles. The van der Waals surface area contributed by atoms with Crippen molar-refractivity contribution < 1.29 is 19.5 Å². The fourth-order valence-corrected chi connectivity index (χ4v) is 3.74. The summed E-state index contributed by atoms with van der Waals surface area (Å²) in [6, 6.07) is 6.97. The third-order valence-corrected chi connectivity index (χ3v) is 5.45.